The van der Waals surface area contributed by atoms with Gasteiger partial charge in [0.2, 0.25) is 0 Å². The summed E-state index contributed by atoms with van der Waals surface area (Å²) in [4.78, 5) is 2.88. The summed E-state index contributed by atoms with van der Waals surface area (Å²) in [5.41, 5.74) is -0.740. The van der Waals surface area contributed by atoms with Gasteiger partial charge in [-0.15, -0.1) is 23.7 Å². The highest BCUT2D eigenvalue weighted by molar-refractivity contribution is 7.16. The van der Waals surface area contributed by atoms with E-state index in [0.29, 0.717) is 23.5 Å². The number of hydrogen-bond donors (Lipinski definition) is 1. The van der Waals surface area contributed by atoms with Crippen molar-refractivity contribution < 1.29 is 17.6 Å². The van der Waals surface area contributed by atoms with E-state index in [1.165, 1.54) is 17.4 Å². The van der Waals surface area contributed by atoms with Gasteiger partial charge in [0.1, 0.15) is 5.82 Å². The third-order valence-electron chi connectivity index (χ3n) is 4.00. The van der Waals surface area contributed by atoms with Crippen LogP contribution in [-0.2, 0) is 6.18 Å². The molecule has 3 rings (SSSR count). The van der Waals surface area contributed by atoms with Crippen LogP contribution in [0.15, 0.2) is 30.3 Å². The molecule has 0 radical (unpaired) electrons. The van der Waals surface area contributed by atoms with Crippen molar-refractivity contribution in [2.24, 2.45) is 0 Å². The fourth-order valence-corrected chi connectivity index (χ4v) is 4.09. The molecule has 1 fully saturated rings. The maximum absolute atomic E-state index is 14.5. The molecule has 25 heavy (non-hydrogen) atoms. The smallest absolute Gasteiger partial charge is 0.314 e. The molecule has 1 N–H and O–H groups in total. The molecule has 138 valence electrons. The summed E-state index contributed by atoms with van der Waals surface area (Å²) in [6, 6.07) is 5.82. The van der Waals surface area contributed by atoms with E-state index in [0.717, 1.165) is 24.0 Å². The lowest BCUT2D eigenvalue weighted by Crippen LogP contribution is -2.45. The van der Waals surface area contributed by atoms with E-state index in [-0.39, 0.29) is 18.0 Å². The van der Waals surface area contributed by atoms with Gasteiger partial charge in [0.25, 0.3) is 0 Å². The van der Waals surface area contributed by atoms with Crippen molar-refractivity contribution in [3.63, 3.8) is 0 Å². The van der Waals surface area contributed by atoms with Crippen molar-refractivity contribution in [1.29, 1.82) is 0 Å². The van der Waals surface area contributed by atoms with E-state index in [4.69, 9.17) is 11.6 Å². The van der Waals surface area contributed by atoms with E-state index >= 15 is 0 Å². The third-order valence-corrected chi connectivity index (χ3v) is 5.29. The lowest BCUT2D eigenvalue weighted by atomic mass is 10.00. The summed E-state index contributed by atoms with van der Waals surface area (Å²) in [5.74, 6) is -0.849. The van der Waals surface area contributed by atoms with E-state index in [1.807, 2.05) is 0 Å². The van der Waals surface area contributed by atoms with Crippen molar-refractivity contribution in [2.75, 3.05) is 26.2 Å². The van der Waals surface area contributed by atoms with Gasteiger partial charge in [-0.2, -0.15) is 13.2 Å². The van der Waals surface area contributed by atoms with Crippen LogP contribution in [0.5, 0.6) is 0 Å². The molecule has 0 amide bonds. The Morgan fingerprint density at radius 3 is 2.32 bits per heavy atom. The van der Waals surface area contributed by atoms with Crippen LogP contribution >= 0.6 is 35.3 Å². The first-order valence-electron chi connectivity index (χ1n) is 7.43. The van der Waals surface area contributed by atoms with Crippen molar-refractivity contribution in [3.05, 3.63) is 56.5 Å². The second-order valence-electron chi connectivity index (χ2n) is 5.56. The minimum atomic E-state index is -4.56. The molecule has 0 unspecified atom stereocenters. The van der Waals surface area contributed by atoms with Gasteiger partial charge in [0, 0.05) is 36.6 Å². The van der Waals surface area contributed by atoms with Gasteiger partial charge >= 0.3 is 6.18 Å². The number of rotatable bonds is 3. The molecule has 1 aliphatic rings. The predicted octanol–water partition coefficient (Wildman–Crippen LogP) is 4.98. The number of halogens is 6. The standard InChI is InChI=1S/C16H15ClF4N2S.ClH/c17-14-4-3-13(24-14)15(23-7-5-22-6-8-23)11-2-1-10(9-12(11)18)16(19,20)21;/h1-4,9,15,22H,5-8H2;1H/t15-;/m0./s1. The first-order valence-corrected chi connectivity index (χ1v) is 8.62. The van der Waals surface area contributed by atoms with Crippen LogP contribution in [0.1, 0.15) is 22.0 Å². The van der Waals surface area contributed by atoms with E-state index in [1.54, 1.807) is 12.1 Å². The summed E-state index contributed by atoms with van der Waals surface area (Å²) < 4.78 is 53.4. The number of nitrogens with one attached hydrogen (secondary N) is 1. The minimum absolute atomic E-state index is 0. The Labute approximate surface area is 158 Å². The Balaban J connectivity index is 0.00000225. The normalized spacial score (nSPS) is 17.2. The fourth-order valence-electron chi connectivity index (χ4n) is 2.87. The lowest BCUT2D eigenvalue weighted by Gasteiger charge is -2.35. The Morgan fingerprint density at radius 2 is 1.80 bits per heavy atom. The molecule has 0 saturated carbocycles. The van der Waals surface area contributed by atoms with Crippen molar-refractivity contribution in [1.82, 2.24) is 10.2 Å². The molecule has 1 atom stereocenters. The van der Waals surface area contributed by atoms with E-state index in [2.05, 4.69) is 10.2 Å². The molecule has 0 spiro atoms. The average Bonchev–Trinajstić information content (AvgIpc) is 2.95. The van der Waals surface area contributed by atoms with Crippen LogP contribution in [0.25, 0.3) is 0 Å². The summed E-state index contributed by atoms with van der Waals surface area (Å²) in [6.45, 7) is 2.86. The van der Waals surface area contributed by atoms with Gasteiger partial charge in [0.05, 0.1) is 15.9 Å². The number of benzene rings is 1. The fraction of sp³-hybridized carbons (Fsp3) is 0.375. The zero-order valence-electron chi connectivity index (χ0n) is 12.9. The topological polar surface area (TPSA) is 15.3 Å². The highest BCUT2D eigenvalue weighted by Gasteiger charge is 2.33. The Hall–Kier alpha value is -0.860. The first-order chi connectivity index (χ1) is 11.4. The SMILES string of the molecule is Cl.Fc1cc(C(F)(F)F)ccc1[C@@H](c1ccc(Cl)s1)N1CCNCC1. The second kappa shape index (κ2) is 8.22. The van der Waals surface area contributed by atoms with Gasteiger partial charge in [-0.25, -0.2) is 4.39 Å². The largest absolute Gasteiger partial charge is 0.416 e. The molecule has 1 aromatic heterocycles. The average molecular weight is 415 g/mol. The van der Waals surface area contributed by atoms with Crippen LogP contribution in [-0.4, -0.2) is 31.1 Å². The first kappa shape index (κ1) is 20.5. The molecule has 1 aromatic carbocycles. The predicted molar refractivity (Wildman–Crippen MR) is 94.3 cm³/mol. The lowest BCUT2D eigenvalue weighted by molar-refractivity contribution is -0.137. The maximum Gasteiger partial charge on any atom is 0.416 e. The molecule has 2 aromatic rings. The molecular weight excluding hydrogens is 399 g/mol. The highest BCUT2D eigenvalue weighted by atomic mass is 35.5. The monoisotopic (exact) mass is 414 g/mol. The highest BCUT2D eigenvalue weighted by Crippen LogP contribution is 2.38. The third kappa shape index (κ3) is 4.65. The van der Waals surface area contributed by atoms with E-state index in [9.17, 15) is 17.6 Å². The minimum Gasteiger partial charge on any atom is -0.314 e. The molecule has 0 aliphatic carbocycles. The van der Waals surface area contributed by atoms with Crippen LogP contribution in [0.4, 0.5) is 17.6 Å². The number of hydrogen-bond acceptors (Lipinski definition) is 3. The number of thiophene rings is 1. The molecule has 2 heterocycles. The van der Waals surface area contributed by atoms with Crippen molar-refractivity contribution >= 4 is 35.3 Å². The molecule has 2 nitrogen and oxygen atoms in total. The summed E-state index contributed by atoms with van der Waals surface area (Å²) in [5, 5.41) is 3.21. The van der Waals surface area contributed by atoms with Crippen LogP contribution in [0.3, 0.4) is 0 Å². The Kier molecular flexibility index (Phi) is 6.73. The molecule has 0 bridgehead atoms. The maximum atomic E-state index is 14.5. The van der Waals surface area contributed by atoms with Gasteiger partial charge in [0.15, 0.2) is 0 Å². The van der Waals surface area contributed by atoms with Crippen LogP contribution < -0.4 is 5.32 Å². The number of piperazine rings is 1. The number of nitrogens with zero attached hydrogens (tertiary/aromatic N) is 1. The number of alkyl halides is 3. The van der Waals surface area contributed by atoms with Crippen LogP contribution in [0.2, 0.25) is 4.34 Å². The van der Waals surface area contributed by atoms with Gasteiger partial charge in [-0.3, -0.25) is 4.90 Å². The van der Waals surface area contributed by atoms with Gasteiger partial charge < -0.3 is 5.32 Å². The molecule has 1 saturated heterocycles. The summed E-state index contributed by atoms with van der Waals surface area (Å²) in [6.07, 6.45) is -4.56. The molecular formula is C16H16Cl2F4N2S. The molecule has 1 aliphatic heterocycles. The van der Waals surface area contributed by atoms with Gasteiger partial charge in [-0.05, 0) is 24.3 Å². The van der Waals surface area contributed by atoms with Crippen molar-refractivity contribution in [3.8, 4) is 0 Å². The summed E-state index contributed by atoms with van der Waals surface area (Å²) >= 11 is 7.32. The van der Waals surface area contributed by atoms with Crippen molar-refractivity contribution in [2.45, 2.75) is 12.2 Å². The van der Waals surface area contributed by atoms with Gasteiger partial charge in [-0.1, -0.05) is 17.7 Å². The second-order valence-corrected chi connectivity index (χ2v) is 7.31. The van der Waals surface area contributed by atoms with E-state index < -0.39 is 23.6 Å². The zero-order valence-corrected chi connectivity index (χ0v) is 15.3. The molecule has 9 heteroatoms. The summed E-state index contributed by atoms with van der Waals surface area (Å²) in [7, 11) is 0. The zero-order chi connectivity index (χ0) is 17.3. The quantitative estimate of drug-likeness (QED) is 0.712. The Bertz CT molecular complexity index is 714. The Morgan fingerprint density at radius 1 is 1.12 bits per heavy atom. The van der Waals surface area contributed by atoms with Crippen LogP contribution in [0, 0.1) is 5.82 Å².